The van der Waals surface area contributed by atoms with Crippen LogP contribution in [0.1, 0.15) is 31.4 Å². The summed E-state index contributed by atoms with van der Waals surface area (Å²) in [6, 6.07) is 28.1. The predicted octanol–water partition coefficient (Wildman–Crippen LogP) is 5.46. The second kappa shape index (κ2) is 16.7. The highest BCUT2D eigenvalue weighted by Crippen LogP contribution is 2.36. The van der Waals surface area contributed by atoms with Gasteiger partial charge in [0.1, 0.15) is 29.8 Å². The van der Waals surface area contributed by atoms with E-state index in [9.17, 15) is 18.0 Å². The largest absolute Gasteiger partial charge is 0.497 e. The molecule has 2 amide bonds. The predicted molar refractivity (Wildman–Crippen MR) is 186 cm³/mol. The molecule has 0 aliphatic carbocycles. The molecule has 0 unspecified atom stereocenters. The number of nitrogens with zero attached hydrogens (tertiary/aromatic N) is 2. The van der Waals surface area contributed by atoms with Gasteiger partial charge in [-0.1, -0.05) is 67.6 Å². The van der Waals surface area contributed by atoms with E-state index in [-0.39, 0.29) is 41.2 Å². The number of anilines is 1. The maximum atomic E-state index is 14.7. The maximum Gasteiger partial charge on any atom is 0.264 e. The molecule has 1 N–H and O–H groups in total. The van der Waals surface area contributed by atoms with Crippen molar-refractivity contribution in [1.82, 2.24) is 10.2 Å². The van der Waals surface area contributed by atoms with E-state index < -0.39 is 28.5 Å². The van der Waals surface area contributed by atoms with Crippen LogP contribution >= 0.6 is 0 Å². The molecule has 4 rings (SSSR count). The third-order valence-corrected chi connectivity index (χ3v) is 9.80. The molecule has 0 aliphatic heterocycles. The van der Waals surface area contributed by atoms with Crippen LogP contribution < -0.4 is 23.8 Å². The van der Waals surface area contributed by atoms with Crippen LogP contribution in [0.3, 0.4) is 0 Å². The zero-order chi connectivity index (χ0) is 34.7. The number of sulfonamides is 1. The molecule has 0 aromatic heterocycles. The minimum Gasteiger partial charge on any atom is -0.497 e. The summed E-state index contributed by atoms with van der Waals surface area (Å²) < 4.78 is 46.1. The fraction of sp³-hybridized carbons (Fsp3) is 0.297. The Labute approximate surface area is 283 Å². The highest BCUT2D eigenvalue weighted by Gasteiger charge is 2.36. The Morgan fingerprint density at radius 1 is 0.771 bits per heavy atom. The molecule has 11 heteroatoms. The first-order valence-corrected chi connectivity index (χ1v) is 17.1. The SMILES string of the molecule is CC[C@@H](C)NC(=O)[C@H](Cc1ccccc1)N(Cc1cccc(OC)c1)C(=O)CN(c1cc(OC)ccc1OC)S(=O)(=O)c1ccccc1. The minimum atomic E-state index is -4.32. The van der Waals surface area contributed by atoms with Crippen molar-refractivity contribution in [3.05, 3.63) is 114 Å². The molecule has 0 saturated carbocycles. The third-order valence-electron chi connectivity index (χ3n) is 8.02. The number of methoxy groups -OCH3 is 3. The first-order valence-electron chi connectivity index (χ1n) is 15.7. The summed E-state index contributed by atoms with van der Waals surface area (Å²) in [5.41, 5.74) is 1.65. The van der Waals surface area contributed by atoms with Gasteiger partial charge in [0.05, 0.1) is 31.9 Å². The van der Waals surface area contributed by atoms with Crippen molar-refractivity contribution in [3.63, 3.8) is 0 Å². The summed E-state index contributed by atoms with van der Waals surface area (Å²) >= 11 is 0. The topological polar surface area (TPSA) is 114 Å². The number of nitrogens with one attached hydrogen (secondary N) is 1. The first-order chi connectivity index (χ1) is 23.1. The van der Waals surface area contributed by atoms with E-state index in [1.807, 2.05) is 50.2 Å². The van der Waals surface area contributed by atoms with E-state index in [0.29, 0.717) is 23.5 Å². The van der Waals surface area contributed by atoms with Crippen molar-refractivity contribution in [2.24, 2.45) is 0 Å². The van der Waals surface area contributed by atoms with Crippen LogP contribution in [0, 0.1) is 0 Å². The summed E-state index contributed by atoms with van der Waals surface area (Å²) in [7, 11) is 0.114. The van der Waals surface area contributed by atoms with E-state index in [2.05, 4.69) is 5.32 Å². The molecule has 0 bridgehead atoms. The Balaban J connectivity index is 1.87. The van der Waals surface area contributed by atoms with Crippen LogP contribution in [-0.4, -0.2) is 65.1 Å². The Bertz CT molecular complexity index is 1770. The maximum absolute atomic E-state index is 14.7. The van der Waals surface area contributed by atoms with Crippen LogP contribution in [0.4, 0.5) is 5.69 Å². The number of benzene rings is 4. The summed E-state index contributed by atoms with van der Waals surface area (Å²) in [6.07, 6.45) is 0.888. The summed E-state index contributed by atoms with van der Waals surface area (Å²) in [5.74, 6) is 0.230. The molecule has 10 nitrogen and oxygen atoms in total. The Hall–Kier alpha value is -5.03. The zero-order valence-corrected chi connectivity index (χ0v) is 28.8. The van der Waals surface area contributed by atoms with Gasteiger partial charge in [-0.3, -0.25) is 13.9 Å². The average molecular weight is 674 g/mol. The van der Waals surface area contributed by atoms with Crippen LogP contribution in [0.5, 0.6) is 17.2 Å². The number of hydrogen-bond donors (Lipinski definition) is 1. The van der Waals surface area contributed by atoms with Gasteiger partial charge in [-0.2, -0.15) is 0 Å². The first kappa shape index (κ1) is 35.8. The van der Waals surface area contributed by atoms with Crippen LogP contribution in [-0.2, 0) is 32.6 Å². The fourth-order valence-corrected chi connectivity index (χ4v) is 6.62. The lowest BCUT2D eigenvalue weighted by Gasteiger charge is -2.34. The molecule has 0 heterocycles. The third kappa shape index (κ3) is 8.86. The number of carbonyl (C=O) groups is 2. The van der Waals surface area contributed by atoms with E-state index >= 15 is 0 Å². The van der Waals surface area contributed by atoms with E-state index in [4.69, 9.17) is 14.2 Å². The van der Waals surface area contributed by atoms with Crippen LogP contribution in [0.2, 0.25) is 0 Å². The summed E-state index contributed by atoms with van der Waals surface area (Å²) in [6.45, 7) is 3.24. The molecule has 254 valence electrons. The molecule has 4 aromatic rings. The smallest absolute Gasteiger partial charge is 0.264 e. The average Bonchev–Trinajstić information content (AvgIpc) is 3.12. The summed E-state index contributed by atoms with van der Waals surface area (Å²) in [5, 5.41) is 3.04. The van der Waals surface area contributed by atoms with Gasteiger partial charge in [0.15, 0.2) is 0 Å². The van der Waals surface area contributed by atoms with E-state index in [1.165, 1.54) is 37.3 Å². The number of rotatable bonds is 16. The number of carbonyl (C=O) groups excluding carboxylic acids is 2. The number of ether oxygens (including phenoxy) is 3. The van der Waals surface area contributed by atoms with Crippen LogP contribution in [0.25, 0.3) is 0 Å². The van der Waals surface area contributed by atoms with E-state index in [1.54, 1.807) is 55.6 Å². The van der Waals surface area contributed by atoms with Crippen molar-refractivity contribution in [1.29, 1.82) is 0 Å². The molecule has 0 aliphatic rings. The monoisotopic (exact) mass is 673 g/mol. The van der Waals surface area contributed by atoms with Gasteiger partial charge in [0, 0.05) is 25.1 Å². The Morgan fingerprint density at radius 3 is 2.02 bits per heavy atom. The molecule has 0 fully saturated rings. The Kier molecular flexibility index (Phi) is 12.5. The second-order valence-electron chi connectivity index (χ2n) is 11.3. The number of hydrogen-bond acceptors (Lipinski definition) is 7. The van der Waals surface area contributed by atoms with Crippen molar-refractivity contribution in [2.75, 3.05) is 32.2 Å². The molecular weight excluding hydrogens is 630 g/mol. The van der Waals surface area contributed by atoms with Crippen LogP contribution in [0.15, 0.2) is 108 Å². The van der Waals surface area contributed by atoms with Gasteiger partial charge >= 0.3 is 0 Å². The molecular formula is C37H43N3O7S. The van der Waals surface area contributed by atoms with Crippen molar-refractivity contribution in [3.8, 4) is 17.2 Å². The lowest BCUT2D eigenvalue weighted by molar-refractivity contribution is -0.140. The van der Waals surface area contributed by atoms with Crippen molar-refractivity contribution < 1.29 is 32.2 Å². The van der Waals surface area contributed by atoms with Crippen molar-refractivity contribution >= 4 is 27.5 Å². The highest BCUT2D eigenvalue weighted by atomic mass is 32.2. The number of amides is 2. The standard InChI is InChI=1S/C37H43N3O7S/c1-6-27(2)38-37(42)34(23-28-14-9-7-10-15-28)39(25-29-16-13-17-30(22-29)45-3)36(41)26-40(48(43,44)32-18-11-8-12-19-32)33-24-31(46-4)20-21-35(33)47-5/h7-22,24,27,34H,6,23,25-26H2,1-5H3,(H,38,42)/t27-,34+/m1/s1. The van der Waals surface area contributed by atoms with Gasteiger partial charge in [0.25, 0.3) is 10.0 Å². The van der Waals surface area contributed by atoms with Gasteiger partial charge < -0.3 is 24.4 Å². The zero-order valence-electron chi connectivity index (χ0n) is 28.0. The van der Waals surface area contributed by atoms with Gasteiger partial charge in [0.2, 0.25) is 11.8 Å². The lowest BCUT2D eigenvalue weighted by atomic mass is 10.0. The molecule has 4 aromatic carbocycles. The van der Waals surface area contributed by atoms with E-state index in [0.717, 1.165) is 9.87 Å². The minimum absolute atomic E-state index is 0.00985. The summed E-state index contributed by atoms with van der Waals surface area (Å²) in [4.78, 5) is 30.2. The quantitative estimate of drug-likeness (QED) is 0.168. The normalized spacial score (nSPS) is 12.4. The Morgan fingerprint density at radius 2 is 1.40 bits per heavy atom. The van der Waals surface area contributed by atoms with Crippen molar-refractivity contribution in [2.45, 2.75) is 50.2 Å². The fourth-order valence-electron chi connectivity index (χ4n) is 5.19. The van der Waals surface area contributed by atoms with Gasteiger partial charge in [-0.15, -0.1) is 0 Å². The van der Waals surface area contributed by atoms with Gasteiger partial charge in [-0.25, -0.2) is 8.42 Å². The molecule has 0 saturated heterocycles. The molecule has 0 spiro atoms. The molecule has 0 radical (unpaired) electrons. The van der Waals surface area contributed by atoms with Gasteiger partial charge in [-0.05, 0) is 60.9 Å². The highest BCUT2D eigenvalue weighted by molar-refractivity contribution is 7.92. The second-order valence-corrected chi connectivity index (χ2v) is 13.1. The molecule has 2 atom stereocenters. The molecule has 48 heavy (non-hydrogen) atoms. The lowest BCUT2D eigenvalue weighted by Crippen LogP contribution is -2.54.